The number of nitrogens with zero attached hydrogens (tertiary/aromatic N) is 1. The second-order valence-corrected chi connectivity index (χ2v) is 5.24. The second-order valence-electron chi connectivity index (χ2n) is 5.24. The van der Waals surface area contributed by atoms with Crippen molar-refractivity contribution in [2.75, 3.05) is 39.2 Å². The number of nitrogen functional groups attached to an aromatic ring is 1. The number of carbonyl (C=O) groups is 1. The molecular weight excluding hydrogens is 272 g/mol. The van der Waals surface area contributed by atoms with Gasteiger partial charge in [0.15, 0.2) is 5.69 Å². The fourth-order valence-electron chi connectivity index (χ4n) is 2.08. The van der Waals surface area contributed by atoms with E-state index in [1.54, 1.807) is 7.11 Å². The number of carbonyl (C=O) groups excluding carboxylic acids is 1. The van der Waals surface area contributed by atoms with Crippen molar-refractivity contribution in [3.8, 4) is 0 Å². The first kappa shape index (κ1) is 15.8. The molecule has 1 amide bonds. The van der Waals surface area contributed by atoms with Crippen molar-refractivity contribution in [2.24, 2.45) is 0 Å². The van der Waals surface area contributed by atoms with Crippen molar-refractivity contribution < 1.29 is 14.3 Å². The van der Waals surface area contributed by atoms with Gasteiger partial charge in [0.2, 0.25) is 0 Å². The van der Waals surface area contributed by atoms with E-state index in [4.69, 9.17) is 15.2 Å². The van der Waals surface area contributed by atoms with Crippen LogP contribution in [0.25, 0.3) is 0 Å². The molecule has 1 saturated carbocycles. The molecule has 4 N–H and O–H groups in total. The highest BCUT2D eigenvalue weighted by Gasteiger charge is 2.30. The Morgan fingerprint density at radius 2 is 2.19 bits per heavy atom. The summed E-state index contributed by atoms with van der Waals surface area (Å²) in [4.78, 5) is 12.0. The third kappa shape index (κ3) is 4.71. The number of hydrogen-bond donors (Lipinski definition) is 3. The molecule has 2 rings (SSSR count). The summed E-state index contributed by atoms with van der Waals surface area (Å²) >= 11 is 0. The molecule has 1 heterocycles. The Morgan fingerprint density at radius 3 is 2.90 bits per heavy atom. The summed E-state index contributed by atoms with van der Waals surface area (Å²) in [6.45, 7) is 2.49. The number of amides is 1. The Hall–Kier alpha value is -1.60. The average Bonchev–Trinajstić information content (AvgIpc) is 3.24. The molecule has 0 bridgehead atoms. The van der Waals surface area contributed by atoms with E-state index in [1.807, 2.05) is 0 Å². The molecule has 0 unspecified atom stereocenters. The third-order valence-electron chi connectivity index (χ3n) is 3.47. The van der Waals surface area contributed by atoms with Crippen LogP contribution in [0.15, 0.2) is 0 Å². The Morgan fingerprint density at radius 1 is 1.38 bits per heavy atom. The highest BCUT2D eigenvalue weighted by molar-refractivity contribution is 5.97. The molecule has 1 fully saturated rings. The molecule has 0 aromatic carbocycles. The molecule has 1 aliphatic carbocycles. The van der Waals surface area contributed by atoms with Crippen molar-refractivity contribution in [2.45, 2.75) is 31.6 Å². The van der Waals surface area contributed by atoms with Gasteiger partial charge in [-0.15, -0.1) is 0 Å². The molecule has 1 aromatic heterocycles. The Balaban J connectivity index is 1.61. The van der Waals surface area contributed by atoms with Crippen molar-refractivity contribution >= 4 is 11.6 Å². The van der Waals surface area contributed by atoms with Crippen LogP contribution in [-0.4, -0.2) is 49.6 Å². The van der Waals surface area contributed by atoms with Crippen LogP contribution in [0.2, 0.25) is 0 Å². The van der Waals surface area contributed by atoms with Gasteiger partial charge in [0.25, 0.3) is 5.91 Å². The number of anilines is 1. The number of nitrogens with two attached hydrogens (primary N) is 1. The molecule has 0 spiro atoms. The monoisotopic (exact) mass is 296 g/mol. The molecular formula is C14H24N4O3. The van der Waals surface area contributed by atoms with Gasteiger partial charge in [-0.1, -0.05) is 0 Å². The van der Waals surface area contributed by atoms with Crippen LogP contribution in [0, 0.1) is 0 Å². The summed E-state index contributed by atoms with van der Waals surface area (Å²) in [5.74, 6) is 0.249. The van der Waals surface area contributed by atoms with Gasteiger partial charge in [-0.25, -0.2) is 0 Å². The number of H-pyrrole nitrogens is 1. The van der Waals surface area contributed by atoms with Crippen LogP contribution in [0.1, 0.15) is 47.8 Å². The fourth-order valence-corrected chi connectivity index (χ4v) is 2.08. The van der Waals surface area contributed by atoms with E-state index in [-0.39, 0.29) is 5.91 Å². The number of hydrogen-bond acceptors (Lipinski definition) is 5. The average molecular weight is 296 g/mol. The number of ether oxygens (including phenoxy) is 2. The first-order valence-electron chi connectivity index (χ1n) is 7.42. The smallest absolute Gasteiger partial charge is 0.273 e. The van der Waals surface area contributed by atoms with Crippen molar-refractivity contribution in [1.29, 1.82) is 0 Å². The first-order valence-corrected chi connectivity index (χ1v) is 7.42. The molecule has 0 radical (unpaired) electrons. The minimum atomic E-state index is -0.212. The lowest BCUT2D eigenvalue weighted by Gasteiger charge is -2.05. The standard InChI is InChI=1S/C14H24N4O3/c1-20-8-9-21-7-3-2-6-16-14(19)13-11(15)12(17-18-13)10-4-5-10/h10H,2-9,15H2,1H3,(H,16,19)(H,17,18). The van der Waals surface area contributed by atoms with Crippen LogP contribution in [0.3, 0.4) is 0 Å². The summed E-state index contributed by atoms with van der Waals surface area (Å²) in [7, 11) is 1.65. The number of aromatic amines is 1. The first-order chi connectivity index (χ1) is 10.2. The van der Waals surface area contributed by atoms with Crippen LogP contribution in [0.5, 0.6) is 0 Å². The molecule has 0 atom stereocenters. The van der Waals surface area contributed by atoms with Crippen LogP contribution in [-0.2, 0) is 9.47 Å². The van der Waals surface area contributed by atoms with Crippen LogP contribution < -0.4 is 11.1 Å². The van der Waals surface area contributed by atoms with E-state index in [1.165, 1.54) is 0 Å². The van der Waals surface area contributed by atoms with Gasteiger partial charge < -0.3 is 20.5 Å². The summed E-state index contributed by atoms with van der Waals surface area (Å²) in [5, 5.41) is 9.74. The summed E-state index contributed by atoms with van der Waals surface area (Å²) in [5.41, 5.74) is 7.68. The molecule has 0 saturated heterocycles. The number of unbranched alkanes of at least 4 members (excludes halogenated alkanes) is 1. The quantitative estimate of drug-likeness (QED) is 0.560. The lowest BCUT2D eigenvalue weighted by atomic mass is 10.2. The van der Waals surface area contributed by atoms with E-state index in [2.05, 4.69) is 15.5 Å². The van der Waals surface area contributed by atoms with Crippen LogP contribution in [0.4, 0.5) is 5.69 Å². The number of methoxy groups -OCH3 is 1. The van der Waals surface area contributed by atoms with Gasteiger partial charge in [-0.3, -0.25) is 9.89 Å². The van der Waals surface area contributed by atoms with Gasteiger partial charge >= 0.3 is 0 Å². The largest absolute Gasteiger partial charge is 0.395 e. The maximum absolute atomic E-state index is 12.0. The normalized spacial score (nSPS) is 14.3. The maximum atomic E-state index is 12.0. The lowest BCUT2D eigenvalue weighted by molar-refractivity contribution is 0.0686. The second kappa shape index (κ2) is 7.99. The van der Waals surface area contributed by atoms with E-state index in [0.29, 0.717) is 43.7 Å². The van der Waals surface area contributed by atoms with Gasteiger partial charge in [0.1, 0.15) is 0 Å². The predicted molar refractivity (Wildman–Crippen MR) is 79.2 cm³/mol. The lowest BCUT2D eigenvalue weighted by Crippen LogP contribution is -2.25. The highest BCUT2D eigenvalue weighted by atomic mass is 16.5. The molecule has 7 heteroatoms. The summed E-state index contributed by atoms with van der Waals surface area (Å²) < 4.78 is 10.2. The maximum Gasteiger partial charge on any atom is 0.273 e. The molecule has 118 valence electrons. The number of aromatic nitrogens is 2. The summed E-state index contributed by atoms with van der Waals surface area (Å²) in [6.07, 6.45) is 4.00. The fraction of sp³-hybridized carbons (Fsp3) is 0.714. The summed E-state index contributed by atoms with van der Waals surface area (Å²) in [6, 6.07) is 0. The Kier molecular flexibility index (Phi) is 6.01. The van der Waals surface area contributed by atoms with E-state index < -0.39 is 0 Å². The Labute approximate surface area is 124 Å². The molecule has 1 aliphatic rings. The molecule has 7 nitrogen and oxygen atoms in total. The van der Waals surface area contributed by atoms with E-state index in [0.717, 1.165) is 31.4 Å². The van der Waals surface area contributed by atoms with E-state index in [9.17, 15) is 4.79 Å². The third-order valence-corrected chi connectivity index (χ3v) is 3.47. The van der Waals surface area contributed by atoms with Gasteiger partial charge in [0, 0.05) is 26.2 Å². The van der Waals surface area contributed by atoms with Gasteiger partial charge in [0.05, 0.1) is 24.6 Å². The topological polar surface area (TPSA) is 102 Å². The molecule has 0 aliphatic heterocycles. The SMILES string of the molecule is COCCOCCCCNC(=O)c1n[nH]c(C2CC2)c1N. The number of nitrogens with one attached hydrogen (secondary N) is 2. The van der Waals surface area contributed by atoms with E-state index >= 15 is 0 Å². The van der Waals surface area contributed by atoms with Crippen molar-refractivity contribution in [1.82, 2.24) is 15.5 Å². The minimum Gasteiger partial charge on any atom is -0.395 e. The minimum absolute atomic E-state index is 0.212. The van der Waals surface area contributed by atoms with Crippen molar-refractivity contribution in [3.63, 3.8) is 0 Å². The highest BCUT2D eigenvalue weighted by Crippen LogP contribution is 2.42. The molecule has 1 aromatic rings. The van der Waals surface area contributed by atoms with Gasteiger partial charge in [-0.05, 0) is 25.7 Å². The molecule has 21 heavy (non-hydrogen) atoms. The zero-order valence-corrected chi connectivity index (χ0v) is 12.5. The predicted octanol–water partition coefficient (Wildman–Crippen LogP) is 1.04. The number of rotatable bonds is 10. The van der Waals surface area contributed by atoms with Crippen molar-refractivity contribution in [3.05, 3.63) is 11.4 Å². The zero-order valence-electron chi connectivity index (χ0n) is 12.5. The van der Waals surface area contributed by atoms with Gasteiger partial charge in [-0.2, -0.15) is 5.10 Å². The Bertz CT molecular complexity index is 457. The van der Waals surface area contributed by atoms with Crippen LogP contribution >= 0.6 is 0 Å². The zero-order chi connectivity index (χ0) is 15.1.